The molecule has 1 amide bonds. The fraction of sp³-hybridized carbons (Fsp3) is 0.188. The largest absolute Gasteiger partial charge is 0.495 e. The van der Waals surface area contributed by atoms with Crippen molar-refractivity contribution in [2.24, 2.45) is 0 Å². The van der Waals surface area contributed by atoms with Gasteiger partial charge in [0.05, 0.1) is 30.7 Å². The first-order valence-electron chi connectivity index (χ1n) is 6.63. The first kappa shape index (κ1) is 14.7. The van der Waals surface area contributed by atoms with Crippen LogP contribution in [0.15, 0.2) is 42.5 Å². The van der Waals surface area contributed by atoms with Crippen molar-refractivity contribution >= 4 is 17.3 Å². The first-order valence-corrected chi connectivity index (χ1v) is 6.63. The highest BCUT2D eigenvalue weighted by molar-refractivity contribution is 6.07. The zero-order valence-electron chi connectivity index (χ0n) is 12.1. The highest BCUT2D eigenvalue weighted by Gasteiger charge is 2.16. The number of para-hydroxylation sites is 3. The number of carbonyl (C=O) groups excluding carboxylic acids is 1. The summed E-state index contributed by atoms with van der Waals surface area (Å²) in [6.45, 7) is 2.28. The molecule has 0 aliphatic carbocycles. The topological polar surface area (TPSA) is 73.6 Å². The lowest BCUT2D eigenvalue weighted by molar-refractivity contribution is 0.102. The molecule has 0 atom stereocenters. The van der Waals surface area contributed by atoms with Crippen LogP contribution >= 0.6 is 0 Å². The zero-order valence-corrected chi connectivity index (χ0v) is 12.1. The summed E-state index contributed by atoms with van der Waals surface area (Å²) < 4.78 is 10.7. The van der Waals surface area contributed by atoms with Crippen molar-refractivity contribution in [3.63, 3.8) is 0 Å². The maximum Gasteiger partial charge on any atom is 0.259 e. The minimum absolute atomic E-state index is 0.296. The average molecular weight is 286 g/mol. The molecule has 0 aliphatic heterocycles. The van der Waals surface area contributed by atoms with Gasteiger partial charge in [-0.3, -0.25) is 4.79 Å². The lowest BCUT2D eigenvalue weighted by Gasteiger charge is -2.14. The fourth-order valence-corrected chi connectivity index (χ4v) is 1.98. The maximum atomic E-state index is 12.4. The summed E-state index contributed by atoms with van der Waals surface area (Å²) in [5, 5.41) is 2.80. The first-order chi connectivity index (χ1) is 10.2. The highest BCUT2D eigenvalue weighted by Crippen LogP contribution is 2.29. The number of methoxy groups -OCH3 is 1. The molecule has 110 valence electrons. The van der Waals surface area contributed by atoms with E-state index in [4.69, 9.17) is 15.2 Å². The third-order valence-corrected chi connectivity index (χ3v) is 2.93. The van der Waals surface area contributed by atoms with Gasteiger partial charge in [-0.15, -0.1) is 0 Å². The summed E-state index contributed by atoms with van der Waals surface area (Å²) in [5.74, 6) is 0.690. The van der Waals surface area contributed by atoms with Gasteiger partial charge in [-0.05, 0) is 31.2 Å². The average Bonchev–Trinajstić information content (AvgIpc) is 2.50. The van der Waals surface area contributed by atoms with E-state index in [2.05, 4.69) is 5.32 Å². The third-order valence-electron chi connectivity index (χ3n) is 2.93. The fourth-order valence-electron chi connectivity index (χ4n) is 1.98. The van der Waals surface area contributed by atoms with Crippen LogP contribution in [0, 0.1) is 0 Å². The molecule has 0 bridgehead atoms. The zero-order chi connectivity index (χ0) is 15.2. The van der Waals surface area contributed by atoms with Crippen molar-refractivity contribution in [1.29, 1.82) is 0 Å². The molecule has 0 saturated carbocycles. The number of nitrogen functional groups attached to an aromatic ring is 1. The maximum absolute atomic E-state index is 12.4. The number of nitrogens with one attached hydrogen (secondary N) is 1. The summed E-state index contributed by atoms with van der Waals surface area (Å²) in [6.07, 6.45) is 0. The van der Waals surface area contributed by atoms with E-state index in [0.29, 0.717) is 35.0 Å². The van der Waals surface area contributed by atoms with Crippen molar-refractivity contribution in [3.8, 4) is 11.5 Å². The van der Waals surface area contributed by atoms with Crippen LogP contribution in [0.5, 0.6) is 11.5 Å². The van der Waals surface area contributed by atoms with Crippen molar-refractivity contribution < 1.29 is 14.3 Å². The van der Waals surface area contributed by atoms with E-state index in [1.807, 2.05) is 19.1 Å². The van der Waals surface area contributed by atoms with E-state index >= 15 is 0 Å². The molecule has 5 heteroatoms. The van der Waals surface area contributed by atoms with Crippen molar-refractivity contribution in [2.45, 2.75) is 6.92 Å². The predicted octanol–water partition coefficient (Wildman–Crippen LogP) is 2.93. The third kappa shape index (κ3) is 3.25. The summed E-state index contributed by atoms with van der Waals surface area (Å²) in [4.78, 5) is 12.4. The molecule has 5 nitrogen and oxygen atoms in total. The van der Waals surface area contributed by atoms with Gasteiger partial charge >= 0.3 is 0 Å². The van der Waals surface area contributed by atoms with Crippen molar-refractivity contribution in [1.82, 2.24) is 0 Å². The van der Waals surface area contributed by atoms with Gasteiger partial charge in [0.15, 0.2) is 5.75 Å². The van der Waals surface area contributed by atoms with Crippen LogP contribution in [0.25, 0.3) is 0 Å². The minimum Gasteiger partial charge on any atom is -0.495 e. The van der Waals surface area contributed by atoms with Gasteiger partial charge < -0.3 is 20.5 Å². The molecule has 2 rings (SSSR count). The van der Waals surface area contributed by atoms with Crippen LogP contribution in [0.2, 0.25) is 0 Å². The van der Waals surface area contributed by atoms with Gasteiger partial charge in [-0.25, -0.2) is 0 Å². The Kier molecular flexibility index (Phi) is 4.66. The Morgan fingerprint density at radius 2 is 1.95 bits per heavy atom. The van der Waals surface area contributed by atoms with E-state index in [0.717, 1.165) is 0 Å². The second-order valence-electron chi connectivity index (χ2n) is 4.31. The Hall–Kier alpha value is -2.69. The highest BCUT2D eigenvalue weighted by atomic mass is 16.5. The van der Waals surface area contributed by atoms with Crippen LogP contribution < -0.4 is 20.5 Å². The van der Waals surface area contributed by atoms with E-state index in [1.165, 1.54) is 0 Å². The number of nitrogens with two attached hydrogens (primary N) is 1. The number of hydrogen-bond donors (Lipinski definition) is 2. The summed E-state index contributed by atoms with van der Waals surface area (Å²) >= 11 is 0. The molecule has 0 unspecified atom stereocenters. The molecule has 3 N–H and O–H groups in total. The molecule has 0 heterocycles. The molecule has 0 radical (unpaired) electrons. The predicted molar refractivity (Wildman–Crippen MR) is 83.0 cm³/mol. The number of anilines is 2. The molecule has 0 spiro atoms. The van der Waals surface area contributed by atoms with Crippen LogP contribution in [-0.2, 0) is 0 Å². The van der Waals surface area contributed by atoms with Gasteiger partial charge in [-0.2, -0.15) is 0 Å². The summed E-state index contributed by atoms with van der Waals surface area (Å²) in [7, 11) is 1.55. The Bertz CT molecular complexity index is 641. The molecule has 2 aromatic rings. The Balaban J connectivity index is 2.30. The number of hydrogen-bond acceptors (Lipinski definition) is 4. The smallest absolute Gasteiger partial charge is 0.259 e. The van der Waals surface area contributed by atoms with E-state index in [9.17, 15) is 4.79 Å². The quantitative estimate of drug-likeness (QED) is 0.829. The van der Waals surface area contributed by atoms with Crippen LogP contribution in [0.4, 0.5) is 11.4 Å². The Morgan fingerprint density at radius 3 is 2.67 bits per heavy atom. The molecule has 0 saturated heterocycles. The van der Waals surface area contributed by atoms with Crippen molar-refractivity contribution in [3.05, 3.63) is 48.0 Å². The SMILES string of the molecule is CCOc1c(N)cccc1C(=O)Nc1ccccc1OC. The minimum atomic E-state index is -0.296. The second kappa shape index (κ2) is 6.65. The van der Waals surface area contributed by atoms with Gasteiger partial charge in [0.1, 0.15) is 5.75 Å². The van der Waals surface area contributed by atoms with Crippen molar-refractivity contribution in [2.75, 3.05) is 24.8 Å². The molecule has 0 aliphatic rings. The Morgan fingerprint density at radius 1 is 1.19 bits per heavy atom. The standard InChI is InChI=1S/C16H18N2O3/c1-3-21-15-11(7-6-8-12(15)17)16(19)18-13-9-4-5-10-14(13)20-2/h4-10H,3,17H2,1-2H3,(H,18,19). The second-order valence-corrected chi connectivity index (χ2v) is 4.31. The normalized spacial score (nSPS) is 10.0. The lowest BCUT2D eigenvalue weighted by atomic mass is 10.1. The van der Waals surface area contributed by atoms with Gasteiger partial charge in [-0.1, -0.05) is 18.2 Å². The molecule has 0 aromatic heterocycles. The van der Waals surface area contributed by atoms with Gasteiger partial charge in [0.25, 0.3) is 5.91 Å². The molecule has 21 heavy (non-hydrogen) atoms. The van der Waals surface area contributed by atoms with Gasteiger partial charge in [0, 0.05) is 0 Å². The van der Waals surface area contributed by atoms with E-state index in [-0.39, 0.29) is 5.91 Å². The van der Waals surface area contributed by atoms with Gasteiger partial charge in [0.2, 0.25) is 0 Å². The van der Waals surface area contributed by atoms with Crippen LogP contribution in [0.1, 0.15) is 17.3 Å². The summed E-state index contributed by atoms with van der Waals surface area (Å²) in [6, 6.07) is 12.3. The molecule has 0 fully saturated rings. The number of amides is 1. The monoisotopic (exact) mass is 286 g/mol. The molecular formula is C16H18N2O3. The van der Waals surface area contributed by atoms with E-state index in [1.54, 1.807) is 37.4 Å². The Labute approximate surface area is 123 Å². The molecular weight excluding hydrogens is 268 g/mol. The lowest BCUT2D eigenvalue weighted by Crippen LogP contribution is -2.15. The number of rotatable bonds is 5. The molecule has 2 aromatic carbocycles. The van der Waals surface area contributed by atoms with Crippen LogP contribution in [-0.4, -0.2) is 19.6 Å². The summed E-state index contributed by atoms with van der Waals surface area (Å²) in [5.41, 5.74) is 7.28. The van der Waals surface area contributed by atoms with Crippen LogP contribution in [0.3, 0.4) is 0 Å². The number of ether oxygens (including phenoxy) is 2. The number of carbonyl (C=O) groups is 1. The van der Waals surface area contributed by atoms with E-state index < -0.39 is 0 Å². The number of benzene rings is 2.